The summed E-state index contributed by atoms with van der Waals surface area (Å²) in [4.78, 5) is 2.19. The number of rotatable bonds is 6. The fourth-order valence-electron chi connectivity index (χ4n) is 2.73. The molecule has 0 fully saturated rings. The van der Waals surface area contributed by atoms with Crippen LogP contribution in [0.3, 0.4) is 0 Å². The second-order valence-electron chi connectivity index (χ2n) is 6.51. The van der Waals surface area contributed by atoms with Crippen molar-refractivity contribution >= 4 is 0 Å². The fourth-order valence-corrected chi connectivity index (χ4v) is 2.73. The molecule has 0 saturated carbocycles. The smallest absolute Gasteiger partial charge is 0.125 e. The molecule has 4 nitrogen and oxygen atoms in total. The van der Waals surface area contributed by atoms with Gasteiger partial charge in [-0.15, -0.1) is 0 Å². The Hall–Kier alpha value is -1.26. The summed E-state index contributed by atoms with van der Waals surface area (Å²) in [5.74, 6) is 1.89. The van der Waals surface area contributed by atoms with Gasteiger partial charge in [0.15, 0.2) is 0 Å². The summed E-state index contributed by atoms with van der Waals surface area (Å²) in [5.41, 5.74) is 1.06. The summed E-state index contributed by atoms with van der Waals surface area (Å²) >= 11 is 0. The molecular weight excluding hydrogens is 264 g/mol. The normalized spacial score (nSPS) is 20.0. The van der Waals surface area contributed by atoms with Gasteiger partial charge in [-0.05, 0) is 53.1 Å². The number of nitrogens with one attached hydrogen (secondary N) is 1. The minimum atomic E-state index is -0.143. The minimum Gasteiger partial charge on any atom is -0.494 e. The fraction of sp³-hybridized carbons (Fsp3) is 0.647. The predicted molar refractivity (Wildman–Crippen MR) is 86.2 cm³/mol. The van der Waals surface area contributed by atoms with Crippen LogP contribution in [-0.4, -0.2) is 44.3 Å². The highest BCUT2D eigenvalue weighted by Crippen LogP contribution is 2.41. The molecule has 1 N–H and O–H groups in total. The molecule has 1 aliphatic rings. The molecule has 1 aliphatic heterocycles. The maximum atomic E-state index is 6.10. The van der Waals surface area contributed by atoms with Gasteiger partial charge in [0.25, 0.3) is 0 Å². The van der Waals surface area contributed by atoms with Crippen molar-refractivity contribution in [3.05, 3.63) is 23.8 Å². The molecule has 2 rings (SSSR count). The molecule has 0 aliphatic carbocycles. The molecule has 1 unspecified atom stereocenters. The lowest BCUT2D eigenvalue weighted by Crippen LogP contribution is -2.41. The Kier molecular flexibility index (Phi) is 5.12. The van der Waals surface area contributed by atoms with E-state index >= 15 is 0 Å². The third-order valence-corrected chi connectivity index (χ3v) is 3.70. The first-order chi connectivity index (χ1) is 9.91. The number of nitrogens with zero attached hydrogens (tertiary/aromatic N) is 1. The summed E-state index contributed by atoms with van der Waals surface area (Å²) in [6, 6.07) is 6.44. The molecule has 1 atom stereocenters. The van der Waals surface area contributed by atoms with E-state index in [1.54, 1.807) is 0 Å². The number of benzene rings is 1. The highest BCUT2D eigenvalue weighted by Gasteiger charge is 2.33. The molecule has 0 spiro atoms. The number of likely N-dealkylation sites (N-methyl/N-ethyl adjacent to an activating group) is 1. The minimum absolute atomic E-state index is 0.143. The Bertz CT molecular complexity index is 472. The summed E-state index contributed by atoms with van der Waals surface area (Å²) in [6.07, 6.45) is 0.961. The maximum Gasteiger partial charge on any atom is 0.125 e. The van der Waals surface area contributed by atoms with E-state index in [0.717, 1.165) is 31.0 Å². The van der Waals surface area contributed by atoms with Crippen LogP contribution in [0.1, 0.15) is 38.8 Å². The zero-order chi connectivity index (χ0) is 15.5. The average Bonchev–Trinajstić information content (AvgIpc) is 2.38. The third kappa shape index (κ3) is 4.35. The molecule has 1 aromatic rings. The van der Waals surface area contributed by atoms with Crippen molar-refractivity contribution in [2.45, 2.75) is 38.8 Å². The van der Waals surface area contributed by atoms with Gasteiger partial charge < -0.3 is 19.7 Å². The topological polar surface area (TPSA) is 33.7 Å². The van der Waals surface area contributed by atoms with Crippen LogP contribution in [0.5, 0.6) is 11.5 Å². The van der Waals surface area contributed by atoms with Crippen molar-refractivity contribution < 1.29 is 9.47 Å². The number of fused-ring (bicyclic) bond motifs is 1. The SMILES string of the molecule is CCOc1ccc2c(c1)C(NCCN(C)C)CC(C)(C)O2. The van der Waals surface area contributed by atoms with Crippen molar-refractivity contribution in [2.75, 3.05) is 33.8 Å². The monoisotopic (exact) mass is 292 g/mol. The van der Waals surface area contributed by atoms with Gasteiger partial charge in [0.2, 0.25) is 0 Å². The molecule has 0 saturated heterocycles. The van der Waals surface area contributed by atoms with Crippen LogP contribution in [-0.2, 0) is 0 Å². The van der Waals surface area contributed by atoms with Gasteiger partial charge in [-0.1, -0.05) is 0 Å². The molecule has 0 aromatic heterocycles. The number of hydrogen-bond donors (Lipinski definition) is 1. The summed E-state index contributed by atoms with van der Waals surface area (Å²) < 4.78 is 11.7. The van der Waals surface area contributed by atoms with E-state index in [1.807, 2.05) is 19.1 Å². The largest absolute Gasteiger partial charge is 0.494 e. The van der Waals surface area contributed by atoms with Crippen LogP contribution >= 0.6 is 0 Å². The Morgan fingerprint density at radius 2 is 2.14 bits per heavy atom. The summed E-state index contributed by atoms with van der Waals surface area (Å²) in [7, 11) is 4.19. The zero-order valence-corrected chi connectivity index (χ0v) is 13.9. The van der Waals surface area contributed by atoms with Crippen molar-refractivity contribution in [1.29, 1.82) is 0 Å². The van der Waals surface area contributed by atoms with Gasteiger partial charge in [0.1, 0.15) is 17.1 Å². The van der Waals surface area contributed by atoms with Gasteiger partial charge in [-0.3, -0.25) is 0 Å². The number of hydrogen-bond acceptors (Lipinski definition) is 4. The highest BCUT2D eigenvalue weighted by atomic mass is 16.5. The first-order valence-corrected chi connectivity index (χ1v) is 7.75. The number of ether oxygens (including phenoxy) is 2. The lowest BCUT2D eigenvalue weighted by Gasteiger charge is -2.38. The van der Waals surface area contributed by atoms with Crippen LogP contribution in [0, 0.1) is 0 Å². The van der Waals surface area contributed by atoms with Crippen molar-refractivity contribution in [3.63, 3.8) is 0 Å². The van der Waals surface area contributed by atoms with Crippen molar-refractivity contribution in [2.24, 2.45) is 0 Å². The predicted octanol–water partition coefficient (Wildman–Crippen LogP) is 2.84. The van der Waals surface area contributed by atoms with Crippen LogP contribution in [0.15, 0.2) is 18.2 Å². The molecule has 21 heavy (non-hydrogen) atoms. The van der Waals surface area contributed by atoms with E-state index in [1.165, 1.54) is 5.56 Å². The second-order valence-corrected chi connectivity index (χ2v) is 6.51. The van der Waals surface area contributed by atoms with Crippen LogP contribution in [0.2, 0.25) is 0 Å². The van der Waals surface area contributed by atoms with E-state index in [4.69, 9.17) is 9.47 Å². The second kappa shape index (κ2) is 6.67. The molecular formula is C17H28N2O2. The zero-order valence-electron chi connectivity index (χ0n) is 13.9. The molecule has 1 heterocycles. The van der Waals surface area contributed by atoms with Crippen molar-refractivity contribution in [1.82, 2.24) is 10.2 Å². The van der Waals surface area contributed by atoms with E-state index in [9.17, 15) is 0 Å². The maximum absolute atomic E-state index is 6.10. The lowest BCUT2D eigenvalue weighted by molar-refractivity contribution is 0.0655. The molecule has 4 heteroatoms. The molecule has 0 amide bonds. The average molecular weight is 292 g/mol. The quantitative estimate of drug-likeness (QED) is 0.874. The molecule has 0 bridgehead atoms. The third-order valence-electron chi connectivity index (χ3n) is 3.70. The van der Waals surface area contributed by atoms with Crippen molar-refractivity contribution in [3.8, 4) is 11.5 Å². The highest BCUT2D eigenvalue weighted by molar-refractivity contribution is 5.44. The van der Waals surface area contributed by atoms with Crippen LogP contribution in [0.4, 0.5) is 0 Å². The Labute approximate surface area is 128 Å². The van der Waals surface area contributed by atoms with E-state index in [2.05, 4.69) is 44.2 Å². The van der Waals surface area contributed by atoms with Gasteiger partial charge in [-0.2, -0.15) is 0 Å². The van der Waals surface area contributed by atoms with Gasteiger partial charge >= 0.3 is 0 Å². The Balaban J connectivity index is 2.18. The summed E-state index contributed by atoms with van der Waals surface area (Å²) in [6.45, 7) is 8.97. The lowest BCUT2D eigenvalue weighted by atomic mass is 9.89. The Morgan fingerprint density at radius 3 is 2.81 bits per heavy atom. The molecule has 0 radical (unpaired) electrons. The first-order valence-electron chi connectivity index (χ1n) is 7.75. The van der Waals surface area contributed by atoms with Crippen LogP contribution < -0.4 is 14.8 Å². The standard InChI is InChI=1S/C17H28N2O2/c1-6-20-13-7-8-16-14(11-13)15(12-17(2,3)21-16)18-9-10-19(4)5/h7-8,11,15,18H,6,9-10,12H2,1-5H3. The van der Waals surface area contributed by atoms with Crippen LogP contribution in [0.25, 0.3) is 0 Å². The van der Waals surface area contributed by atoms with Gasteiger partial charge in [0, 0.05) is 31.1 Å². The Morgan fingerprint density at radius 1 is 1.38 bits per heavy atom. The van der Waals surface area contributed by atoms with E-state index < -0.39 is 0 Å². The van der Waals surface area contributed by atoms with Gasteiger partial charge in [-0.25, -0.2) is 0 Å². The molecule has 1 aromatic carbocycles. The van der Waals surface area contributed by atoms with E-state index in [-0.39, 0.29) is 5.60 Å². The first kappa shape index (κ1) is 16.1. The summed E-state index contributed by atoms with van der Waals surface area (Å²) in [5, 5.41) is 3.66. The van der Waals surface area contributed by atoms with E-state index in [0.29, 0.717) is 12.6 Å². The molecule has 118 valence electrons. The van der Waals surface area contributed by atoms with Gasteiger partial charge in [0.05, 0.1) is 6.61 Å².